The first-order chi connectivity index (χ1) is 22.0. The van der Waals surface area contributed by atoms with Gasteiger partial charge in [-0.1, -0.05) is 94.4 Å². The minimum absolute atomic E-state index is 0.211. The van der Waals surface area contributed by atoms with Crippen LogP contribution in [0.2, 0.25) is 0 Å². The third-order valence-corrected chi connectivity index (χ3v) is 7.10. The van der Waals surface area contributed by atoms with E-state index in [1.165, 1.54) is 0 Å². The summed E-state index contributed by atoms with van der Waals surface area (Å²) in [7, 11) is 1.73. The number of nitrogens with one attached hydrogen (secondary N) is 1. The Labute approximate surface area is 270 Å². The molecule has 3 aromatic rings. The number of rotatable bonds is 7. The Kier molecular flexibility index (Phi) is 14.4. The number of primary amides is 1. The number of hydrogen-bond acceptors (Lipinski definition) is 8. The average Bonchev–Trinajstić information content (AvgIpc) is 3.68. The highest BCUT2D eigenvalue weighted by Gasteiger charge is 2.47. The van der Waals surface area contributed by atoms with Crippen molar-refractivity contribution in [2.45, 2.75) is 84.7 Å². The van der Waals surface area contributed by atoms with Gasteiger partial charge < -0.3 is 25.6 Å². The van der Waals surface area contributed by atoms with Crippen molar-refractivity contribution in [1.82, 2.24) is 15.1 Å². The maximum absolute atomic E-state index is 13.0. The van der Waals surface area contributed by atoms with Gasteiger partial charge in [-0.05, 0) is 31.7 Å². The number of ether oxygens (including phenoxy) is 2. The van der Waals surface area contributed by atoms with Gasteiger partial charge in [0, 0.05) is 31.6 Å². The number of nitrogens with two attached hydrogens (primary N) is 1. The molecule has 2 aliphatic rings. The maximum atomic E-state index is 13.0. The molecule has 5 rings (SSSR count). The van der Waals surface area contributed by atoms with Gasteiger partial charge in [0.05, 0.1) is 11.6 Å². The van der Waals surface area contributed by atoms with Gasteiger partial charge in [-0.15, -0.1) is 0 Å². The molecule has 4 N–H and O–H groups in total. The van der Waals surface area contributed by atoms with Crippen molar-refractivity contribution in [2.24, 2.45) is 12.8 Å². The number of amides is 2. The fraction of sp³-hybridized carbons (Fsp3) is 0.400. The van der Waals surface area contributed by atoms with E-state index in [4.69, 9.17) is 15.2 Å². The largest absolute Gasteiger partial charge is 0.419 e. The normalized spacial score (nSPS) is 15.8. The van der Waals surface area contributed by atoms with Crippen LogP contribution in [0.25, 0.3) is 11.3 Å². The van der Waals surface area contributed by atoms with Crippen molar-refractivity contribution in [3.63, 3.8) is 0 Å². The number of benzene rings is 2. The molecule has 0 radical (unpaired) electrons. The topological polar surface area (TPSA) is 163 Å². The van der Waals surface area contributed by atoms with Crippen LogP contribution in [-0.2, 0) is 37.3 Å². The first-order valence-corrected chi connectivity index (χ1v) is 15.6. The Balaban J connectivity index is 0.000000359. The minimum Gasteiger partial charge on any atom is -0.419 e. The predicted molar refractivity (Wildman–Crippen MR) is 175 cm³/mol. The Hall–Kier alpha value is -4.77. The van der Waals surface area contributed by atoms with E-state index in [-0.39, 0.29) is 12.0 Å². The van der Waals surface area contributed by atoms with Gasteiger partial charge in [0.2, 0.25) is 5.91 Å². The summed E-state index contributed by atoms with van der Waals surface area (Å²) in [4.78, 5) is 46.9. The fourth-order valence-corrected chi connectivity index (χ4v) is 4.82. The quantitative estimate of drug-likeness (QED) is 0.194. The first-order valence-electron chi connectivity index (χ1n) is 15.6. The van der Waals surface area contributed by atoms with Crippen LogP contribution in [0.15, 0.2) is 72.9 Å². The van der Waals surface area contributed by atoms with E-state index in [1.807, 2.05) is 89.2 Å². The predicted octanol–water partition coefficient (Wildman–Crippen LogP) is 4.55. The summed E-state index contributed by atoms with van der Waals surface area (Å²) in [5.41, 5.74) is 8.72. The van der Waals surface area contributed by atoms with Gasteiger partial charge in [0.1, 0.15) is 11.3 Å². The lowest BCUT2D eigenvalue weighted by Crippen LogP contribution is -2.50. The molecule has 0 bridgehead atoms. The van der Waals surface area contributed by atoms with Crippen molar-refractivity contribution < 1.29 is 33.8 Å². The van der Waals surface area contributed by atoms with Crippen LogP contribution in [0.4, 0.5) is 0 Å². The third-order valence-electron chi connectivity index (χ3n) is 7.10. The lowest BCUT2D eigenvalue weighted by Gasteiger charge is -2.32. The zero-order valence-corrected chi connectivity index (χ0v) is 27.5. The number of nitrogens with zero attached hydrogens (tertiary/aromatic N) is 2. The van der Waals surface area contributed by atoms with Gasteiger partial charge in [0.15, 0.2) is 6.10 Å². The number of aromatic nitrogens is 2. The fourth-order valence-electron chi connectivity index (χ4n) is 4.82. The molecule has 11 nitrogen and oxygen atoms in total. The van der Waals surface area contributed by atoms with Gasteiger partial charge in [-0.25, -0.2) is 9.59 Å². The van der Waals surface area contributed by atoms with Crippen LogP contribution < -0.4 is 11.1 Å². The number of carbonyl (C=O) groups excluding carboxylic acids is 4. The molecule has 2 amide bonds. The van der Waals surface area contributed by atoms with Crippen molar-refractivity contribution in [3.8, 4) is 11.3 Å². The number of aliphatic hydroxyl groups excluding tert-OH is 1. The molecule has 1 spiro atoms. The second kappa shape index (κ2) is 17.6. The summed E-state index contributed by atoms with van der Waals surface area (Å²) in [5, 5.41) is 17.4. The van der Waals surface area contributed by atoms with Crippen LogP contribution in [0.3, 0.4) is 0 Å². The molecule has 2 aromatic carbocycles. The second-order valence-corrected chi connectivity index (χ2v) is 10.4. The lowest BCUT2D eigenvalue weighted by atomic mass is 10.00. The molecular weight excluding hydrogens is 588 g/mol. The van der Waals surface area contributed by atoms with E-state index >= 15 is 0 Å². The van der Waals surface area contributed by atoms with E-state index in [2.05, 4.69) is 17.0 Å². The Bertz CT molecular complexity index is 1450. The third kappa shape index (κ3) is 9.87. The summed E-state index contributed by atoms with van der Waals surface area (Å²) in [6.07, 6.45) is 3.42. The van der Waals surface area contributed by atoms with E-state index < -0.39 is 41.7 Å². The highest BCUT2D eigenvalue weighted by molar-refractivity contribution is 6.14. The molecule has 1 aliphatic heterocycles. The summed E-state index contributed by atoms with van der Waals surface area (Å²) < 4.78 is 11.6. The van der Waals surface area contributed by atoms with Crippen molar-refractivity contribution in [3.05, 3.63) is 89.6 Å². The molecule has 1 saturated heterocycles. The van der Waals surface area contributed by atoms with E-state index in [1.54, 1.807) is 17.9 Å². The van der Waals surface area contributed by atoms with E-state index in [0.29, 0.717) is 24.1 Å². The number of aryl methyl sites for hydroxylation is 2. The molecule has 1 aliphatic carbocycles. The van der Waals surface area contributed by atoms with Crippen LogP contribution >= 0.6 is 0 Å². The van der Waals surface area contributed by atoms with Crippen molar-refractivity contribution in [2.75, 3.05) is 0 Å². The summed E-state index contributed by atoms with van der Waals surface area (Å²) >= 11 is 0. The molecule has 1 aromatic heterocycles. The smallest absolute Gasteiger partial charge is 0.348 e. The first kappa shape index (κ1) is 37.4. The molecule has 2 fully saturated rings. The molecule has 2 heterocycles. The lowest BCUT2D eigenvalue weighted by molar-refractivity contribution is -0.232. The molecule has 1 saturated carbocycles. The van der Waals surface area contributed by atoms with Crippen LogP contribution in [-0.4, -0.2) is 56.6 Å². The molecule has 248 valence electrons. The molecule has 2 unspecified atom stereocenters. The van der Waals surface area contributed by atoms with E-state index in [9.17, 15) is 24.3 Å². The van der Waals surface area contributed by atoms with Crippen LogP contribution in [0, 0.1) is 6.92 Å². The van der Waals surface area contributed by atoms with Gasteiger partial charge in [0.25, 0.3) is 11.7 Å². The average molecular weight is 635 g/mol. The summed E-state index contributed by atoms with van der Waals surface area (Å²) in [6, 6.07) is 16.1. The van der Waals surface area contributed by atoms with Crippen LogP contribution in [0.5, 0.6) is 0 Å². The van der Waals surface area contributed by atoms with Gasteiger partial charge in [-0.2, -0.15) is 5.10 Å². The zero-order chi connectivity index (χ0) is 34.4. The van der Waals surface area contributed by atoms with Crippen LogP contribution in [0.1, 0.15) is 74.9 Å². The molecular formula is C35H46N4O7. The minimum atomic E-state index is -1.52. The number of carbonyl (C=O) groups is 4. The zero-order valence-electron chi connectivity index (χ0n) is 27.5. The van der Waals surface area contributed by atoms with Crippen molar-refractivity contribution >= 4 is 23.8 Å². The van der Waals surface area contributed by atoms with Crippen molar-refractivity contribution in [1.29, 1.82) is 0 Å². The monoisotopic (exact) mass is 634 g/mol. The molecule has 46 heavy (non-hydrogen) atoms. The highest BCUT2D eigenvalue weighted by Crippen LogP contribution is 2.38. The molecule has 11 heteroatoms. The number of esters is 2. The Morgan fingerprint density at radius 2 is 1.54 bits per heavy atom. The standard InChI is InChI=1S/C22H24N4O3.C9H10O4.2C2H6/c1-14-8-10-16(11-9-14)19-17(13-26(2)25-19)22(29)24-18(20(27)21(23)28)12-15-6-4-3-5-7-15;1-6-7(10)12-9(13-8(6)11)4-2-3-5-9;2*1-2/h3-11,13,18,20,27H,12H2,1-2H3,(H2,23,28)(H,24,29);1-5H2;2*1-2H3. The van der Waals surface area contributed by atoms with E-state index in [0.717, 1.165) is 29.5 Å². The number of hydrogen-bond donors (Lipinski definition) is 3. The SMILES string of the molecule is C=C1C(=O)OC2(CCCC2)OC1=O.CC.CC.Cc1ccc(-c2nn(C)cc2C(=O)NC(Cc2ccccc2)C(O)C(N)=O)cc1. The number of aliphatic hydroxyl groups is 1. The maximum Gasteiger partial charge on any atom is 0.348 e. The van der Waals surface area contributed by atoms with Gasteiger partial charge >= 0.3 is 11.9 Å². The summed E-state index contributed by atoms with van der Waals surface area (Å²) in [5.74, 6) is -3.57. The molecule has 2 atom stereocenters. The Morgan fingerprint density at radius 1 is 1.00 bits per heavy atom. The second-order valence-electron chi connectivity index (χ2n) is 10.4. The Morgan fingerprint density at radius 3 is 2.07 bits per heavy atom. The summed E-state index contributed by atoms with van der Waals surface area (Å²) in [6.45, 7) is 13.3. The highest BCUT2D eigenvalue weighted by atomic mass is 16.7. The van der Waals surface area contributed by atoms with Gasteiger partial charge in [-0.3, -0.25) is 14.3 Å².